The van der Waals surface area contributed by atoms with E-state index in [0.717, 1.165) is 32.7 Å². The van der Waals surface area contributed by atoms with Crippen molar-refractivity contribution in [3.05, 3.63) is 35.9 Å². The molecule has 3 nitrogen and oxygen atoms in total. The summed E-state index contributed by atoms with van der Waals surface area (Å²) in [5.74, 6) is 0. The normalized spacial score (nSPS) is 19.5. The lowest BCUT2D eigenvalue weighted by Crippen LogP contribution is -2.46. The molecule has 0 aromatic heterocycles. The van der Waals surface area contributed by atoms with Crippen molar-refractivity contribution in [2.75, 3.05) is 46.8 Å². The lowest BCUT2D eigenvalue weighted by atomic mass is 10.1. The molecule has 0 saturated carbocycles. The highest BCUT2D eigenvalue weighted by Crippen LogP contribution is 2.19. The van der Waals surface area contributed by atoms with Crippen molar-refractivity contribution in [3.8, 4) is 0 Å². The molecule has 1 aliphatic rings. The van der Waals surface area contributed by atoms with Crippen LogP contribution >= 0.6 is 0 Å². The lowest BCUT2D eigenvalue weighted by Gasteiger charge is -2.34. The van der Waals surface area contributed by atoms with Crippen LogP contribution in [0.25, 0.3) is 0 Å². The van der Waals surface area contributed by atoms with Gasteiger partial charge in [-0.25, -0.2) is 0 Å². The molecule has 0 spiro atoms. The minimum Gasteiger partial charge on any atom is -0.314 e. The average molecular weight is 233 g/mol. The van der Waals surface area contributed by atoms with Gasteiger partial charge in [0.15, 0.2) is 0 Å². The smallest absolute Gasteiger partial charge is 0.0469 e. The van der Waals surface area contributed by atoms with Crippen LogP contribution in [0, 0.1) is 0 Å². The number of benzene rings is 1. The largest absolute Gasteiger partial charge is 0.314 e. The topological polar surface area (TPSA) is 18.5 Å². The lowest BCUT2D eigenvalue weighted by molar-refractivity contribution is 0.168. The summed E-state index contributed by atoms with van der Waals surface area (Å²) in [6.45, 7) is 5.69. The van der Waals surface area contributed by atoms with Crippen LogP contribution in [0.5, 0.6) is 0 Å². The summed E-state index contributed by atoms with van der Waals surface area (Å²) in [7, 11) is 4.33. The molecule has 94 valence electrons. The van der Waals surface area contributed by atoms with Gasteiger partial charge in [0.25, 0.3) is 0 Å². The highest BCUT2D eigenvalue weighted by atomic mass is 15.2. The molecule has 1 atom stereocenters. The predicted molar refractivity (Wildman–Crippen MR) is 72.2 cm³/mol. The van der Waals surface area contributed by atoms with E-state index < -0.39 is 0 Å². The van der Waals surface area contributed by atoms with Gasteiger partial charge in [-0.15, -0.1) is 0 Å². The first-order chi connectivity index (χ1) is 8.27. The Morgan fingerprint density at radius 3 is 2.41 bits per heavy atom. The van der Waals surface area contributed by atoms with Gasteiger partial charge in [0, 0.05) is 38.8 Å². The SMILES string of the molecule is CN(C)C(CN1CCNCC1)c1ccccc1. The van der Waals surface area contributed by atoms with Crippen LogP contribution in [-0.2, 0) is 0 Å². The Labute approximate surface area is 104 Å². The third kappa shape index (κ3) is 3.53. The molecule has 1 unspecified atom stereocenters. The van der Waals surface area contributed by atoms with Crippen molar-refractivity contribution in [2.24, 2.45) is 0 Å². The summed E-state index contributed by atoms with van der Waals surface area (Å²) in [6, 6.07) is 11.3. The second-order valence-electron chi connectivity index (χ2n) is 4.94. The molecular formula is C14H23N3. The standard InChI is InChI=1S/C14H23N3/c1-16(2)14(13-6-4-3-5-7-13)12-17-10-8-15-9-11-17/h3-7,14-15H,8-12H2,1-2H3. The molecule has 1 aromatic rings. The van der Waals surface area contributed by atoms with E-state index in [1.165, 1.54) is 5.56 Å². The predicted octanol–water partition coefficient (Wildman–Crippen LogP) is 1.19. The van der Waals surface area contributed by atoms with Gasteiger partial charge in [-0.1, -0.05) is 30.3 Å². The van der Waals surface area contributed by atoms with Crippen LogP contribution in [-0.4, -0.2) is 56.6 Å². The molecule has 0 bridgehead atoms. The maximum absolute atomic E-state index is 3.40. The third-order valence-corrected chi connectivity index (χ3v) is 3.45. The molecule has 2 rings (SSSR count). The fourth-order valence-corrected chi connectivity index (χ4v) is 2.38. The zero-order valence-corrected chi connectivity index (χ0v) is 10.9. The summed E-state index contributed by atoms with van der Waals surface area (Å²) < 4.78 is 0. The van der Waals surface area contributed by atoms with Gasteiger partial charge in [0.05, 0.1) is 0 Å². The zero-order chi connectivity index (χ0) is 12.1. The number of likely N-dealkylation sites (N-methyl/N-ethyl adjacent to an activating group) is 1. The Morgan fingerprint density at radius 2 is 1.82 bits per heavy atom. The summed E-state index contributed by atoms with van der Waals surface area (Å²) in [5, 5.41) is 3.40. The second kappa shape index (κ2) is 6.15. The van der Waals surface area contributed by atoms with Gasteiger partial charge in [0.2, 0.25) is 0 Å². The van der Waals surface area contributed by atoms with Gasteiger partial charge in [-0.05, 0) is 19.7 Å². The molecule has 1 saturated heterocycles. The van der Waals surface area contributed by atoms with Gasteiger partial charge in [0.1, 0.15) is 0 Å². The van der Waals surface area contributed by atoms with E-state index in [2.05, 4.69) is 59.5 Å². The van der Waals surface area contributed by atoms with E-state index in [1.54, 1.807) is 0 Å². The first kappa shape index (κ1) is 12.6. The van der Waals surface area contributed by atoms with Crippen LogP contribution in [0.2, 0.25) is 0 Å². The van der Waals surface area contributed by atoms with Crippen LogP contribution in [0.3, 0.4) is 0 Å². The van der Waals surface area contributed by atoms with Crippen LogP contribution in [0.4, 0.5) is 0 Å². The van der Waals surface area contributed by atoms with Crippen molar-refractivity contribution in [2.45, 2.75) is 6.04 Å². The first-order valence-corrected chi connectivity index (χ1v) is 6.42. The number of hydrogen-bond donors (Lipinski definition) is 1. The Balaban J connectivity index is 2.02. The van der Waals surface area contributed by atoms with Gasteiger partial charge in [-0.2, -0.15) is 0 Å². The van der Waals surface area contributed by atoms with Crippen molar-refractivity contribution >= 4 is 0 Å². The Morgan fingerprint density at radius 1 is 1.18 bits per heavy atom. The van der Waals surface area contributed by atoms with Gasteiger partial charge < -0.3 is 10.2 Å². The highest BCUT2D eigenvalue weighted by molar-refractivity contribution is 5.19. The fourth-order valence-electron chi connectivity index (χ4n) is 2.38. The Bertz CT molecular complexity index is 317. The minimum atomic E-state index is 0.495. The average Bonchev–Trinajstić information content (AvgIpc) is 2.38. The molecule has 0 amide bonds. The second-order valence-corrected chi connectivity index (χ2v) is 4.94. The summed E-state index contributed by atoms with van der Waals surface area (Å²) in [6.07, 6.45) is 0. The van der Waals surface area contributed by atoms with Crippen molar-refractivity contribution in [3.63, 3.8) is 0 Å². The fraction of sp³-hybridized carbons (Fsp3) is 0.571. The molecule has 1 aromatic carbocycles. The van der Waals surface area contributed by atoms with E-state index in [0.29, 0.717) is 6.04 Å². The maximum atomic E-state index is 3.40. The van der Waals surface area contributed by atoms with E-state index in [9.17, 15) is 0 Å². The van der Waals surface area contributed by atoms with Gasteiger partial charge in [-0.3, -0.25) is 4.90 Å². The number of nitrogens with zero attached hydrogens (tertiary/aromatic N) is 2. The van der Waals surface area contributed by atoms with Crippen LogP contribution < -0.4 is 5.32 Å². The van der Waals surface area contributed by atoms with E-state index in [-0.39, 0.29) is 0 Å². The third-order valence-electron chi connectivity index (χ3n) is 3.45. The van der Waals surface area contributed by atoms with Crippen molar-refractivity contribution < 1.29 is 0 Å². The maximum Gasteiger partial charge on any atom is 0.0469 e. The monoisotopic (exact) mass is 233 g/mol. The molecule has 1 aliphatic heterocycles. The number of nitrogens with one attached hydrogen (secondary N) is 1. The molecule has 1 heterocycles. The summed E-state index contributed by atoms with van der Waals surface area (Å²) in [5.41, 5.74) is 1.41. The van der Waals surface area contributed by atoms with E-state index >= 15 is 0 Å². The molecule has 1 fully saturated rings. The highest BCUT2D eigenvalue weighted by Gasteiger charge is 2.19. The molecular weight excluding hydrogens is 210 g/mol. The van der Waals surface area contributed by atoms with Crippen molar-refractivity contribution in [1.29, 1.82) is 0 Å². The Hall–Kier alpha value is -0.900. The minimum absolute atomic E-state index is 0.495. The van der Waals surface area contributed by atoms with E-state index in [4.69, 9.17) is 0 Å². The van der Waals surface area contributed by atoms with Gasteiger partial charge >= 0.3 is 0 Å². The Kier molecular flexibility index (Phi) is 4.54. The number of rotatable bonds is 4. The van der Waals surface area contributed by atoms with E-state index in [1.807, 2.05) is 0 Å². The van der Waals surface area contributed by atoms with Crippen LogP contribution in [0.1, 0.15) is 11.6 Å². The molecule has 0 aliphatic carbocycles. The zero-order valence-electron chi connectivity index (χ0n) is 10.9. The molecule has 3 heteroatoms. The number of piperazine rings is 1. The molecule has 17 heavy (non-hydrogen) atoms. The molecule has 0 radical (unpaired) electrons. The first-order valence-electron chi connectivity index (χ1n) is 6.42. The summed E-state index contributed by atoms with van der Waals surface area (Å²) in [4.78, 5) is 4.87. The van der Waals surface area contributed by atoms with Crippen LogP contribution in [0.15, 0.2) is 30.3 Å². The molecule has 1 N–H and O–H groups in total. The quantitative estimate of drug-likeness (QED) is 0.843. The summed E-state index contributed by atoms with van der Waals surface area (Å²) >= 11 is 0. The number of hydrogen-bond acceptors (Lipinski definition) is 3. The van der Waals surface area contributed by atoms with Crippen molar-refractivity contribution in [1.82, 2.24) is 15.1 Å².